The second-order valence-corrected chi connectivity index (χ2v) is 5.93. The van der Waals surface area contributed by atoms with Crippen molar-refractivity contribution < 1.29 is 8.42 Å². The maximum atomic E-state index is 12.1. The van der Waals surface area contributed by atoms with Crippen molar-refractivity contribution in [3.63, 3.8) is 0 Å². The summed E-state index contributed by atoms with van der Waals surface area (Å²) in [5.74, 6) is 0.517. The van der Waals surface area contributed by atoms with Gasteiger partial charge in [-0.3, -0.25) is 0 Å². The first-order valence-corrected chi connectivity index (χ1v) is 7.31. The smallest absolute Gasteiger partial charge is 0.303 e. The summed E-state index contributed by atoms with van der Waals surface area (Å²) < 4.78 is 27.9. The van der Waals surface area contributed by atoms with Gasteiger partial charge in [-0.05, 0) is 31.4 Å². The van der Waals surface area contributed by atoms with Crippen LogP contribution in [0.1, 0.15) is 12.8 Å². The molecular formula is C10H17N5O2S. The highest BCUT2D eigenvalue weighted by Crippen LogP contribution is 2.18. The molecule has 1 aromatic rings. The monoisotopic (exact) mass is 271 g/mol. The number of nitrogens with two attached hydrogens (primary N) is 1. The molecular weight excluding hydrogens is 254 g/mol. The van der Waals surface area contributed by atoms with Gasteiger partial charge < -0.3 is 5.73 Å². The van der Waals surface area contributed by atoms with E-state index in [-0.39, 0.29) is 5.95 Å². The van der Waals surface area contributed by atoms with Crippen LogP contribution in [0, 0.1) is 5.92 Å². The molecule has 0 amide bonds. The fourth-order valence-corrected chi connectivity index (χ4v) is 3.07. The van der Waals surface area contributed by atoms with Gasteiger partial charge in [0.2, 0.25) is 5.95 Å². The molecule has 0 saturated carbocycles. The lowest BCUT2D eigenvalue weighted by Gasteiger charge is -2.30. The standard InChI is InChI=1S/C10H17N5O2S/c11-8-9-2-6-15(7-3-9)18(16,17)14-10-12-4-1-5-13-10/h1,4-5,9H,2-3,6-8,11H2,(H,12,13,14). The Labute approximate surface area is 107 Å². The Bertz CT molecular complexity index is 470. The van der Waals surface area contributed by atoms with Gasteiger partial charge in [0, 0.05) is 25.5 Å². The highest BCUT2D eigenvalue weighted by Gasteiger charge is 2.27. The fourth-order valence-electron chi connectivity index (χ4n) is 1.92. The number of nitrogens with one attached hydrogen (secondary N) is 1. The van der Waals surface area contributed by atoms with Crippen molar-refractivity contribution >= 4 is 16.2 Å². The Kier molecular flexibility index (Phi) is 4.10. The molecule has 0 aliphatic carbocycles. The molecule has 100 valence electrons. The van der Waals surface area contributed by atoms with Crippen molar-refractivity contribution in [2.45, 2.75) is 12.8 Å². The molecule has 7 nitrogen and oxygen atoms in total. The molecule has 0 unspecified atom stereocenters. The molecule has 1 aliphatic heterocycles. The molecule has 0 atom stereocenters. The Hall–Kier alpha value is -1.25. The molecule has 0 spiro atoms. The molecule has 0 radical (unpaired) electrons. The summed E-state index contributed by atoms with van der Waals surface area (Å²) in [6.07, 6.45) is 4.58. The highest BCUT2D eigenvalue weighted by molar-refractivity contribution is 7.90. The minimum Gasteiger partial charge on any atom is -0.330 e. The summed E-state index contributed by atoms with van der Waals surface area (Å²) in [7, 11) is -3.55. The Morgan fingerprint density at radius 1 is 1.33 bits per heavy atom. The van der Waals surface area contributed by atoms with Crippen LogP contribution in [-0.4, -0.2) is 42.3 Å². The second kappa shape index (κ2) is 5.59. The number of rotatable bonds is 4. The Morgan fingerprint density at radius 2 is 1.94 bits per heavy atom. The molecule has 0 bridgehead atoms. The van der Waals surface area contributed by atoms with E-state index >= 15 is 0 Å². The largest absolute Gasteiger partial charge is 0.330 e. The van der Waals surface area contributed by atoms with Gasteiger partial charge >= 0.3 is 10.2 Å². The van der Waals surface area contributed by atoms with Gasteiger partial charge in [0.1, 0.15) is 0 Å². The van der Waals surface area contributed by atoms with Gasteiger partial charge in [0.25, 0.3) is 0 Å². The minimum absolute atomic E-state index is 0.0958. The number of nitrogens with zero attached hydrogens (tertiary/aromatic N) is 3. The fraction of sp³-hybridized carbons (Fsp3) is 0.600. The van der Waals surface area contributed by atoms with Crippen LogP contribution in [0.15, 0.2) is 18.5 Å². The average Bonchev–Trinajstić information content (AvgIpc) is 2.39. The summed E-state index contributed by atoms with van der Waals surface area (Å²) in [6.45, 7) is 1.59. The zero-order chi connectivity index (χ0) is 13.0. The van der Waals surface area contributed by atoms with Gasteiger partial charge in [-0.1, -0.05) is 0 Å². The quantitative estimate of drug-likeness (QED) is 0.790. The number of anilines is 1. The van der Waals surface area contributed by atoms with E-state index in [0.717, 1.165) is 12.8 Å². The van der Waals surface area contributed by atoms with E-state index in [4.69, 9.17) is 5.73 Å². The third-order valence-corrected chi connectivity index (χ3v) is 4.52. The molecule has 1 aliphatic rings. The minimum atomic E-state index is -3.55. The van der Waals surface area contributed by atoms with Crippen LogP contribution in [0.3, 0.4) is 0 Å². The van der Waals surface area contributed by atoms with E-state index in [2.05, 4.69) is 14.7 Å². The van der Waals surface area contributed by atoms with Gasteiger partial charge in [0.05, 0.1) is 0 Å². The van der Waals surface area contributed by atoms with E-state index in [1.54, 1.807) is 6.07 Å². The lowest BCUT2D eigenvalue weighted by molar-refractivity contribution is 0.279. The van der Waals surface area contributed by atoms with Crippen LogP contribution in [0.5, 0.6) is 0 Å². The molecule has 18 heavy (non-hydrogen) atoms. The maximum Gasteiger partial charge on any atom is 0.303 e. The van der Waals surface area contributed by atoms with Crippen LogP contribution in [0.2, 0.25) is 0 Å². The molecule has 1 fully saturated rings. The highest BCUT2D eigenvalue weighted by atomic mass is 32.2. The van der Waals surface area contributed by atoms with Crippen molar-refractivity contribution in [2.75, 3.05) is 24.4 Å². The Balaban J connectivity index is 2.00. The number of hydrogen-bond donors (Lipinski definition) is 2. The number of hydrogen-bond acceptors (Lipinski definition) is 5. The first-order chi connectivity index (χ1) is 8.62. The first kappa shape index (κ1) is 13.2. The maximum absolute atomic E-state index is 12.1. The zero-order valence-corrected chi connectivity index (χ0v) is 10.8. The van der Waals surface area contributed by atoms with E-state index in [1.165, 1.54) is 16.7 Å². The van der Waals surface area contributed by atoms with E-state index in [9.17, 15) is 8.42 Å². The molecule has 2 heterocycles. The van der Waals surface area contributed by atoms with E-state index < -0.39 is 10.2 Å². The van der Waals surface area contributed by atoms with E-state index in [0.29, 0.717) is 25.6 Å². The third-order valence-electron chi connectivity index (χ3n) is 3.03. The summed E-state index contributed by atoms with van der Waals surface area (Å²) in [6, 6.07) is 1.63. The SMILES string of the molecule is NCC1CCN(S(=O)(=O)Nc2ncccn2)CC1. The zero-order valence-electron chi connectivity index (χ0n) is 9.99. The Morgan fingerprint density at radius 3 is 2.50 bits per heavy atom. The van der Waals surface area contributed by atoms with Gasteiger partial charge in [0.15, 0.2) is 0 Å². The van der Waals surface area contributed by atoms with Crippen molar-refractivity contribution in [1.29, 1.82) is 0 Å². The van der Waals surface area contributed by atoms with Crippen molar-refractivity contribution in [1.82, 2.24) is 14.3 Å². The lowest BCUT2D eigenvalue weighted by atomic mass is 9.99. The topological polar surface area (TPSA) is 101 Å². The molecule has 8 heteroatoms. The number of aromatic nitrogens is 2. The van der Waals surface area contributed by atoms with Gasteiger partial charge in [-0.15, -0.1) is 0 Å². The van der Waals surface area contributed by atoms with Crippen LogP contribution in [0.25, 0.3) is 0 Å². The molecule has 1 aromatic heterocycles. The summed E-state index contributed by atoms with van der Waals surface area (Å²) in [4.78, 5) is 7.68. The molecule has 0 aromatic carbocycles. The summed E-state index contributed by atoms with van der Waals surface area (Å²) in [5.41, 5.74) is 5.58. The number of piperidine rings is 1. The molecule has 2 rings (SSSR count). The normalized spacial score (nSPS) is 18.7. The summed E-state index contributed by atoms with van der Waals surface area (Å²) in [5, 5.41) is 0. The van der Waals surface area contributed by atoms with Crippen LogP contribution in [-0.2, 0) is 10.2 Å². The van der Waals surface area contributed by atoms with Crippen LogP contribution < -0.4 is 10.5 Å². The predicted molar refractivity (Wildman–Crippen MR) is 67.9 cm³/mol. The van der Waals surface area contributed by atoms with Gasteiger partial charge in [-0.25, -0.2) is 14.7 Å². The molecule has 1 saturated heterocycles. The van der Waals surface area contributed by atoms with Crippen LogP contribution in [0.4, 0.5) is 5.95 Å². The van der Waals surface area contributed by atoms with Crippen molar-refractivity contribution in [3.05, 3.63) is 18.5 Å². The molecule has 3 N–H and O–H groups in total. The van der Waals surface area contributed by atoms with Crippen molar-refractivity contribution in [2.24, 2.45) is 11.7 Å². The lowest BCUT2D eigenvalue weighted by Crippen LogP contribution is -2.43. The van der Waals surface area contributed by atoms with E-state index in [1.807, 2.05) is 0 Å². The first-order valence-electron chi connectivity index (χ1n) is 5.87. The van der Waals surface area contributed by atoms with Gasteiger partial charge in [-0.2, -0.15) is 12.7 Å². The predicted octanol–water partition coefficient (Wildman–Crippen LogP) is -0.196. The van der Waals surface area contributed by atoms with Crippen LogP contribution >= 0.6 is 0 Å². The third kappa shape index (κ3) is 3.15. The summed E-state index contributed by atoms with van der Waals surface area (Å²) >= 11 is 0. The van der Waals surface area contributed by atoms with Crippen molar-refractivity contribution in [3.8, 4) is 0 Å². The average molecular weight is 271 g/mol. The second-order valence-electron chi connectivity index (χ2n) is 4.26.